The maximum absolute atomic E-state index is 11.8. The number of aliphatic hydroxyl groups is 3. The van der Waals surface area contributed by atoms with Crippen molar-refractivity contribution in [2.45, 2.75) is 64.1 Å². The third-order valence-corrected chi connectivity index (χ3v) is 8.50. The number of hydrogen-bond acceptors (Lipinski definition) is 4. The van der Waals surface area contributed by atoms with Gasteiger partial charge in [0.15, 0.2) is 5.78 Å². The maximum Gasteiger partial charge on any atom is 0.178 e. The number of hydrogen-bond donors (Lipinski definition) is 3. The summed E-state index contributed by atoms with van der Waals surface area (Å²) in [6.45, 7) is 4.00. The Morgan fingerprint density at radius 3 is 2.64 bits per heavy atom. The molecule has 0 radical (unpaired) electrons. The van der Waals surface area contributed by atoms with Gasteiger partial charge in [-0.05, 0) is 68.4 Å². The maximum atomic E-state index is 11.8. The summed E-state index contributed by atoms with van der Waals surface area (Å²) in [5, 5.41) is 31.0. The van der Waals surface area contributed by atoms with Crippen LogP contribution in [0.1, 0.15) is 52.4 Å². The number of fused-ring (bicyclic) bond motifs is 5. The van der Waals surface area contributed by atoms with E-state index >= 15 is 0 Å². The molecule has 1 unspecified atom stereocenters. The fourth-order valence-electron chi connectivity index (χ4n) is 6.95. The minimum atomic E-state index is -1.19. The van der Waals surface area contributed by atoms with Crippen molar-refractivity contribution in [1.82, 2.24) is 0 Å². The largest absolute Gasteiger partial charge is 0.394 e. The number of carbonyl (C=O) groups excluding carboxylic acids is 1. The molecule has 0 amide bonds. The molecule has 4 nitrogen and oxygen atoms in total. The lowest BCUT2D eigenvalue weighted by atomic mass is 9.47. The van der Waals surface area contributed by atoms with Crippen LogP contribution in [-0.4, -0.2) is 39.4 Å². The smallest absolute Gasteiger partial charge is 0.178 e. The van der Waals surface area contributed by atoms with Crippen molar-refractivity contribution in [3.8, 4) is 0 Å². The first-order valence-electron chi connectivity index (χ1n) is 9.72. The molecule has 4 rings (SSSR count). The third kappa shape index (κ3) is 2.14. The van der Waals surface area contributed by atoms with E-state index in [0.29, 0.717) is 24.2 Å². The van der Waals surface area contributed by atoms with Gasteiger partial charge in [0.2, 0.25) is 0 Å². The first-order chi connectivity index (χ1) is 11.8. The lowest BCUT2D eigenvalue weighted by Gasteiger charge is -2.58. The lowest BCUT2D eigenvalue weighted by Crippen LogP contribution is -2.59. The van der Waals surface area contributed by atoms with E-state index in [1.165, 1.54) is 5.57 Å². The number of ketones is 1. The molecule has 0 heterocycles. The number of carbonyl (C=O) groups is 1. The van der Waals surface area contributed by atoms with E-state index in [1.54, 1.807) is 6.08 Å². The van der Waals surface area contributed by atoms with Gasteiger partial charge < -0.3 is 15.3 Å². The Labute approximate surface area is 149 Å². The van der Waals surface area contributed by atoms with Crippen LogP contribution in [-0.2, 0) is 4.79 Å². The summed E-state index contributed by atoms with van der Waals surface area (Å²) in [7, 11) is 0. The predicted molar refractivity (Wildman–Crippen MR) is 94.7 cm³/mol. The summed E-state index contributed by atoms with van der Waals surface area (Å²) in [4.78, 5) is 11.8. The van der Waals surface area contributed by atoms with E-state index in [4.69, 9.17) is 0 Å². The van der Waals surface area contributed by atoms with Crippen molar-refractivity contribution in [3.63, 3.8) is 0 Å². The first kappa shape index (κ1) is 17.4. The summed E-state index contributed by atoms with van der Waals surface area (Å²) in [6, 6.07) is 0. The third-order valence-electron chi connectivity index (χ3n) is 8.50. The molecule has 0 saturated heterocycles. The van der Waals surface area contributed by atoms with E-state index in [1.807, 2.05) is 6.08 Å². The second-order valence-electron chi connectivity index (χ2n) is 9.22. The minimum Gasteiger partial charge on any atom is -0.394 e. The molecule has 3 saturated carbocycles. The van der Waals surface area contributed by atoms with Crippen LogP contribution in [0, 0.1) is 28.6 Å². The summed E-state index contributed by atoms with van der Waals surface area (Å²) in [5.74, 6) is 1.46. The number of rotatable bonds is 2. The Hall–Kier alpha value is -0.970. The monoisotopic (exact) mass is 346 g/mol. The molecule has 4 aliphatic carbocycles. The average molecular weight is 346 g/mol. The lowest BCUT2D eigenvalue weighted by molar-refractivity contribution is -0.182. The molecule has 25 heavy (non-hydrogen) atoms. The Kier molecular flexibility index (Phi) is 3.85. The molecule has 0 aromatic carbocycles. The molecule has 4 heteroatoms. The van der Waals surface area contributed by atoms with Gasteiger partial charge in [0.25, 0.3) is 0 Å². The van der Waals surface area contributed by atoms with E-state index in [0.717, 1.165) is 32.1 Å². The molecule has 3 N–H and O–H groups in total. The van der Waals surface area contributed by atoms with Crippen molar-refractivity contribution >= 4 is 5.78 Å². The molecule has 0 aromatic rings. The van der Waals surface area contributed by atoms with Crippen LogP contribution in [0.2, 0.25) is 0 Å². The van der Waals surface area contributed by atoms with Crippen LogP contribution in [0.15, 0.2) is 23.8 Å². The molecule has 0 bridgehead atoms. The van der Waals surface area contributed by atoms with Crippen LogP contribution in [0.5, 0.6) is 0 Å². The standard InChI is InChI=1S/C21H30O4/c1-19-8-5-14(23)11-13(19)3-4-15-16(19)6-9-20(2)17(15)7-10-21(20,25)18(24)12-22/h5,8,11,15-18,22,24-25H,3-4,6-7,9-10,12H2,1-2H3/t15-,16+,17+,18?,19+,20+,21+/m1/s1. The second-order valence-corrected chi connectivity index (χ2v) is 9.22. The van der Waals surface area contributed by atoms with Gasteiger partial charge >= 0.3 is 0 Å². The molecular weight excluding hydrogens is 316 g/mol. The Morgan fingerprint density at radius 1 is 1.20 bits per heavy atom. The molecule has 0 aliphatic heterocycles. The summed E-state index contributed by atoms with van der Waals surface area (Å²) < 4.78 is 0. The molecule has 3 fully saturated rings. The molecule has 0 spiro atoms. The second kappa shape index (κ2) is 5.51. The molecule has 138 valence electrons. The first-order valence-corrected chi connectivity index (χ1v) is 9.72. The fraction of sp³-hybridized carbons (Fsp3) is 0.762. The van der Waals surface area contributed by atoms with Crippen LogP contribution in [0.25, 0.3) is 0 Å². The van der Waals surface area contributed by atoms with Crippen molar-refractivity contribution < 1.29 is 20.1 Å². The van der Waals surface area contributed by atoms with Crippen LogP contribution >= 0.6 is 0 Å². The van der Waals surface area contributed by atoms with Crippen LogP contribution < -0.4 is 0 Å². The van der Waals surface area contributed by atoms with Crippen molar-refractivity contribution in [2.75, 3.05) is 6.61 Å². The van der Waals surface area contributed by atoms with Gasteiger partial charge in [0.05, 0.1) is 12.2 Å². The van der Waals surface area contributed by atoms with Crippen LogP contribution in [0.4, 0.5) is 0 Å². The van der Waals surface area contributed by atoms with E-state index in [-0.39, 0.29) is 23.2 Å². The summed E-state index contributed by atoms with van der Waals surface area (Å²) >= 11 is 0. The van der Waals surface area contributed by atoms with Gasteiger partial charge in [-0.15, -0.1) is 0 Å². The van der Waals surface area contributed by atoms with Gasteiger partial charge in [0.1, 0.15) is 6.10 Å². The Balaban J connectivity index is 1.68. The topological polar surface area (TPSA) is 77.8 Å². The highest BCUT2D eigenvalue weighted by atomic mass is 16.4. The zero-order valence-corrected chi connectivity index (χ0v) is 15.2. The normalized spacial score (nSPS) is 49.9. The van der Waals surface area contributed by atoms with Gasteiger partial charge in [-0.3, -0.25) is 4.79 Å². The summed E-state index contributed by atoms with van der Waals surface area (Å²) in [5.41, 5.74) is -0.308. The summed E-state index contributed by atoms with van der Waals surface area (Å²) in [6.07, 6.45) is 9.93. The van der Waals surface area contributed by atoms with Gasteiger partial charge in [-0.2, -0.15) is 0 Å². The van der Waals surface area contributed by atoms with Gasteiger partial charge in [-0.25, -0.2) is 0 Å². The van der Waals surface area contributed by atoms with Crippen molar-refractivity contribution in [1.29, 1.82) is 0 Å². The SMILES string of the molecule is C[C@]12C=CC(=O)C=C1CC[C@@H]1[C@@H]2CC[C@@]2(C)[C@H]1CC[C@]2(O)C(O)CO. The Bertz CT molecular complexity index is 652. The highest BCUT2D eigenvalue weighted by molar-refractivity contribution is 6.01. The van der Waals surface area contributed by atoms with Crippen LogP contribution in [0.3, 0.4) is 0 Å². The number of aliphatic hydroxyl groups excluding tert-OH is 2. The number of allylic oxidation sites excluding steroid dienone is 4. The zero-order valence-electron chi connectivity index (χ0n) is 15.2. The quantitative estimate of drug-likeness (QED) is 0.717. The van der Waals surface area contributed by atoms with Crippen molar-refractivity contribution in [2.24, 2.45) is 28.6 Å². The minimum absolute atomic E-state index is 0.0472. The van der Waals surface area contributed by atoms with E-state index in [9.17, 15) is 20.1 Å². The van der Waals surface area contributed by atoms with Crippen molar-refractivity contribution in [3.05, 3.63) is 23.8 Å². The average Bonchev–Trinajstić information content (AvgIpc) is 2.87. The fourth-order valence-corrected chi connectivity index (χ4v) is 6.95. The highest BCUT2D eigenvalue weighted by Crippen LogP contribution is 2.67. The van der Waals surface area contributed by atoms with E-state index < -0.39 is 11.7 Å². The predicted octanol–water partition coefficient (Wildman–Crippen LogP) is 2.38. The molecular formula is C21H30O4. The molecule has 0 aromatic heterocycles. The molecule has 4 aliphatic rings. The zero-order chi connectivity index (χ0) is 18.0. The molecule has 7 atom stereocenters. The van der Waals surface area contributed by atoms with Gasteiger partial charge in [0, 0.05) is 10.8 Å². The van der Waals surface area contributed by atoms with Gasteiger partial charge in [-0.1, -0.05) is 25.5 Å². The highest BCUT2D eigenvalue weighted by Gasteiger charge is 2.65. The Morgan fingerprint density at radius 2 is 1.92 bits per heavy atom. The van der Waals surface area contributed by atoms with E-state index in [2.05, 4.69) is 19.9 Å².